The number of ether oxygens (including phenoxy) is 7. The van der Waals surface area contributed by atoms with Crippen molar-refractivity contribution in [1.82, 2.24) is 0 Å². The highest BCUT2D eigenvalue weighted by molar-refractivity contribution is 7.79. The third-order valence-corrected chi connectivity index (χ3v) is 12.0. The predicted molar refractivity (Wildman–Crippen MR) is 259 cm³/mol. The van der Waals surface area contributed by atoms with Crippen LogP contribution in [0.3, 0.4) is 0 Å². The summed E-state index contributed by atoms with van der Waals surface area (Å²) in [6.45, 7) is 18.1. The first-order chi connectivity index (χ1) is 31.0. The number of benzene rings is 6. The highest BCUT2D eigenvalue weighted by atomic mass is 31.1. The van der Waals surface area contributed by atoms with Gasteiger partial charge < -0.3 is 33.2 Å². The fourth-order valence-corrected chi connectivity index (χ4v) is 8.76. The second kappa shape index (κ2) is 25.3. The predicted octanol–water partition coefficient (Wildman–Crippen LogP) is 12.0. The van der Waals surface area contributed by atoms with Crippen molar-refractivity contribution in [1.29, 1.82) is 0 Å². The molecule has 8 heteroatoms. The molecular formula is C55H57O7P. The SMILES string of the molecule is C=CCCOc1cc(COc2cc(COc3ccc(P(c4ccccc4)c4ccccc4)cc3)cc(OCc3cc(OCCC=C)cc(OCCC=C)c3)c2)cc(OCCC=C)c1. The van der Waals surface area contributed by atoms with Crippen molar-refractivity contribution in [3.8, 4) is 40.2 Å². The number of hydrogen-bond donors (Lipinski definition) is 0. The summed E-state index contributed by atoms with van der Waals surface area (Å²) in [6.07, 6.45) is 10.3. The van der Waals surface area contributed by atoms with Gasteiger partial charge in [0.1, 0.15) is 60.1 Å². The summed E-state index contributed by atoms with van der Waals surface area (Å²) in [4.78, 5) is 0. The topological polar surface area (TPSA) is 64.6 Å². The van der Waals surface area contributed by atoms with Gasteiger partial charge in [0.15, 0.2) is 0 Å². The monoisotopic (exact) mass is 860 g/mol. The molecule has 0 N–H and O–H groups in total. The van der Waals surface area contributed by atoms with Crippen LogP contribution in [0.1, 0.15) is 42.4 Å². The molecule has 0 aliphatic heterocycles. The molecule has 0 aromatic heterocycles. The third kappa shape index (κ3) is 15.0. The van der Waals surface area contributed by atoms with Crippen LogP contribution >= 0.6 is 7.92 Å². The van der Waals surface area contributed by atoms with E-state index in [1.54, 1.807) is 0 Å². The van der Waals surface area contributed by atoms with E-state index in [0.29, 0.717) is 67.5 Å². The van der Waals surface area contributed by atoms with Crippen LogP contribution in [0.2, 0.25) is 0 Å². The largest absolute Gasteiger partial charge is 0.493 e. The van der Waals surface area contributed by atoms with Crippen molar-refractivity contribution < 1.29 is 33.2 Å². The maximum atomic E-state index is 6.48. The molecule has 324 valence electrons. The quantitative estimate of drug-likeness (QED) is 0.0277. The molecule has 0 aliphatic rings. The van der Waals surface area contributed by atoms with Crippen LogP contribution in [0.5, 0.6) is 40.2 Å². The van der Waals surface area contributed by atoms with E-state index in [4.69, 9.17) is 33.2 Å². The lowest BCUT2D eigenvalue weighted by atomic mass is 10.2. The average molecular weight is 861 g/mol. The van der Waals surface area contributed by atoms with Crippen molar-refractivity contribution in [3.05, 3.63) is 207 Å². The highest BCUT2D eigenvalue weighted by Crippen LogP contribution is 2.34. The molecule has 6 aromatic carbocycles. The minimum absolute atomic E-state index is 0.267. The van der Waals surface area contributed by atoms with Gasteiger partial charge in [0, 0.05) is 18.2 Å². The second-order valence-corrected chi connectivity index (χ2v) is 16.7. The fraction of sp³-hybridized carbons (Fsp3) is 0.200. The Hall–Kier alpha value is -6.69. The van der Waals surface area contributed by atoms with E-state index in [1.807, 2.05) is 91.0 Å². The summed E-state index contributed by atoms with van der Waals surface area (Å²) in [5, 5.41) is 3.83. The van der Waals surface area contributed by atoms with Crippen LogP contribution in [0.4, 0.5) is 0 Å². The van der Waals surface area contributed by atoms with Crippen molar-refractivity contribution in [2.75, 3.05) is 26.4 Å². The molecule has 0 heterocycles. The lowest BCUT2D eigenvalue weighted by Gasteiger charge is -2.19. The van der Waals surface area contributed by atoms with Crippen LogP contribution < -0.4 is 49.1 Å². The lowest BCUT2D eigenvalue weighted by molar-refractivity contribution is 0.277. The Morgan fingerprint density at radius 1 is 0.317 bits per heavy atom. The Labute approximate surface area is 374 Å². The summed E-state index contributed by atoms with van der Waals surface area (Å²) in [6, 6.07) is 47.3. The standard InChI is InChI=1S/C55H57O7P/c1-5-9-27-56-47-31-43(32-48(37-47)57-28-10-6-2)41-61-51-35-45(36-52(39-51)62-42-44-33-49(58-29-11-7-3)38-50(34-44)59-30-12-8-4)40-60-46-23-25-55(26-24-46)63(53-19-15-13-16-20-53)54-21-17-14-18-22-54/h5-8,13-26,31-39H,1-4,9-12,27-30,40-42H2. The Morgan fingerprint density at radius 2 is 0.603 bits per heavy atom. The van der Waals surface area contributed by atoms with Crippen LogP contribution in [0, 0.1) is 0 Å². The minimum Gasteiger partial charge on any atom is -0.493 e. The van der Waals surface area contributed by atoms with Gasteiger partial charge in [-0.05, 0) is 115 Å². The maximum Gasteiger partial charge on any atom is 0.123 e. The summed E-state index contributed by atoms with van der Waals surface area (Å²) >= 11 is 0. The molecule has 0 atom stereocenters. The summed E-state index contributed by atoms with van der Waals surface area (Å²) in [5.41, 5.74) is 2.67. The van der Waals surface area contributed by atoms with Crippen LogP contribution in [-0.4, -0.2) is 26.4 Å². The van der Waals surface area contributed by atoms with Gasteiger partial charge in [-0.15, -0.1) is 26.3 Å². The molecule has 6 rings (SSSR count). The van der Waals surface area contributed by atoms with E-state index in [9.17, 15) is 0 Å². The molecule has 0 spiro atoms. The first-order valence-corrected chi connectivity index (χ1v) is 22.6. The highest BCUT2D eigenvalue weighted by Gasteiger charge is 2.16. The van der Waals surface area contributed by atoms with Gasteiger partial charge in [-0.1, -0.05) is 97.1 Å². The molecule has 0 saturated carbocycles. The molecule has 6 aromatic rings. The molecule has 0 radical (unpaired) electrons. The summed E-state index contributed by atoms with van der Waals surface area (Å²) in [7, 11) is -0.729. The number of rotatable bonds is 28. The normalized spacial score (nSPS) is 10.7. The molecular weight excluding hydrogens is 804 g/mol. The van der Waals surface area contributed by atoms with Crippen molar-refractivity contribution in [3.63, 3.8) is 0 Å². The van der Waals surface area contributed by atoms with Crippen LogP contribution in [0.15, 0.2) is 190 Å². The molecule has 0 saturated heterocycles. The zero-order chi connectivity index (χ0) is 43.9. The molecule has 0 unspecified atom stereocenters. The fourth-order valence-electron chi connectivity index (χ4n) is 6.48. The molecule has 0 bridgehead atoms. The van der Waals surface area contributed by atoms with Crippen LogP contribution in [0.25, 0.3) is 0 Å². The Bertz CT molecular complexity index is 2140. The van der Waals surface area contributed by atoms with Gasteiger partial charge in [-0.2, -0.15) is 0 Å². The summed E-state index contributed by atoms with van der Waals surface area (Å²) < 4.78 is 43.5. The molecule has 0 fully saturated rings. The first kappa shape index (κ1) is 45.8. The van der Waals surface area contributed by atoms with Crippen molar-refractivity contribution in [2.45, 2.75) is 45.5 Å². The average Bonchev–Trinajstić information content (AvgIpc) is 3.31. The van der Waals surface area contributed by atoms with E-state index in [1.165, 1.54) is 15.9 Å². The zero-order valence-electron chi connectivity index (χ0n) is 36.0. The van der Waals surface area contributed by atoms with E-state index >= 15 is 0 Å². The smallest absolute Gasteiger partial charge is 0.123 e. The van der Waals surface area contributed by atoms with Crippen molar-refractivity contribution in [2.24, 2.45) is 0 Å². The first-order valence-electron chi connectivity index (χ1n) is 21.3. The maximum absolute atomic E-state index is 6.48. The van der Waals surface area contributed by atoms with Gasteiger partial charge in [0.05, 0.1) is 26.4 Å². The zero-order valence-corrected chi connectivity index (χ0v) is 36.9. The number of hydrogen-bond acceptors (Lipinski definition) is 7. The van der Waals surface area contributed by atoms with Gasteiger partial charge >= 0.3 is 0 Å². The Balaban J connectivity index is 1.23. The van der Waals surface area contributed by atoms with E-state index in [-0.39, 0.29) is 13.2 Å². The molecule has 63 heavy (non-hydrogen) atoms. The Morgan fingerprint density at radius 3 is 0.921 bits per heavy atom. The second-order valence-electron chi connectivity index (χ2n) is 14.5. The van der Waals surface area contributed by atoms with E-state index in [2.05, 4.69) is 99.1 Å². The van der Waals surface area contributed by atoms with Crippen LogP contribution in [-0.2, 0) is 19.8 Å². The Kier molecular flexibility index (Phi) is 18.4. The molecule has 0 aliphatic carbocycles. The van der Waals surface area contributed by atoms with Gasteiger partial charge in [-0.25, -0.2) is 0 Å². The lowest BCUT2D eigenvalue weighted by Crippen LogP contribution is -2.20. The van der Waals surface area contributed by atoms with Gasteiger partial charge in [0.2, 0.25) is 0 Å². The minimum atomic E-state index is -0.729. The van der Waals surface area contributed by atoms with Gasteiger partial charge in [-0.3, -0.25) is 0 Å². The third-order valence-electron chi connectivity index (χ3n) is 9.52. The molecule has 0 amide bonds. The molecule has 7 nitrogen and oxygen atoms in total. The van der Waals surface area contributed by atoms with Gasteiger partial charge in [0.25, 0.3) is 0 Å². The van der Waals surface area contributed by atoms with E-state index < -0.39 is 7.92 Å². The van der Waals surface area contributed by atoms with E-state index in [0.717, 1.165) is 48.1 Å². The van der Waals surface area contributed by atoms with Crippen molar-refractivity contribution >= 4 is 23.8 Å². The summed E-state index contributed by atoms with van der Waals surface area (Å²) in [5.74, 6) is 4.82.